The Hall–Kier alpha value is -1.93. The van der Waals surface area contributed by atoms with E-state index in [0.717, 1.165) is 25.3 Å². The third kappa shape index (κ3) is 2.81. The Labute approximate surface area is 117 Å². The van der Waals surface area contributed by atoms with Gasteiger partial charge in [0.1, 0.15) is 5.82 Å². The first kappa shape index (κ1) is 14.5. The van der Waals surface area contributed by atoms with Crippen LogP contribution < -0.4 is 11.1 Å². The molecule has 106 valence electrons. The number of halogens is 1. The summed E-state index contributed by atoms with van der Waals surface area (Å²) in [6.07, 6.45) is 4.21. The van der Waals surface area contributed by atoms with Gasteiger partial charge in [0.05, 0.1) is 17.2 Å². The second-order valence-electron chi connectivity index (χ2n) is 5.41. The third-order valence-corrected chi connectivity index (χ3v) is 3.92. The van der Waals surface area contributed by atoms with Gasteiger partial charge in [0.25, 0.3) is 0 Å². The van der Waals surface area contributed by atoms with Crippen LogP contribution in [0.2, 0.25) is 0 Å². The molecule has 1 aromatic carbocycles. The molecule has 1 aliphatic rings. The number of carbonyl (C=O) groups is 1. The Morgan fingerprint density at radius 3 is 2.65 bits per heavy atom. The summed E-state index contributed by atoms with van der Waals surface area (Å²) in [4.78, 5) is 12.3. The molecule has 0 radical (unpaired) electrons. The van der Waals surface area contributed by atoms with E-state index in [1.807, 2.05) is 6.07 Å². The smallest absolute Gasteiger partial charge is 0.244 e. The lowest BCUT2D eigenvalue weighted by Gasteiger charge is -2.32. The van der Waals surface area contributed by atoms with E-state index in [-0.39, 0.29) is 11.5 Å². The number of nitrogens with two attached hydrogens (primary N) is 1. The van der Waals surface area contributed by atoms with E-state index in [4.69, 9.17) is 11.0 Å². The summed E-state index contributed by atoms with van der Waals surface area (Å²) in [6, 6.07) is 4.51. The van der Waals surface area contributed by atoms with Gasteiger partial charge in [0, 0.05) is 11.3 Å². The van der Waals surface area contributed by atoms with Gasteiger partial charge in [-0.15, -0.1) is 0 Å². The van der Waals surface area contributed by atoms with E-state index in [1.54, 1.807) is 6.92 Å². The van der Waals surface area contributed by atoms with Crippen LogP contribution in [0.4, 0.5) is 10.1 Å². The van der Waals surface area contributed by atoms with Gasteiger partial charge in [-0.2, -0.15) is 5.26 Å². The fourth-order valence-electron chi connectivity index (χ4n) is 2.53. The Balaban J connectivity index is 2.23. The number of hydrogen-bond donors (Lipinski definition) is 2. The summed E-state index contributed by atoms with van der Waals surface area (Å²) in [5.74, 6) is -0.802. The fourth-order valence-corrected chi connectivity index (χ4v) is 2.53. The fraction of sp³-hybridized carbons (Fsp3) is 0.467. The Morgan fingerprint density at radius 2 is 2.05 bits per heavy atom. The lowest BCUT2D eigenvalue weighted by atomic mass is 9.82. The highest BCUT2D eigenvalue weighted by atomic mass is 19.1. The number of hydrogen-bond acceptors (Lipinski definition) is 3. The number of benzene rings is 1. The zero-order valence-corrected chi connectivity index (χ0v) is 11.5. The largest absolute Gasteiger partial charge is 0.324 e. The van der Waals surface area contributed by atoms with Crippen LogP contribution in [-0.4, -0.2) is 11.4 Å². The van der Waals surface area contributed by atoms with Gasteiger partial charge in [-0.05, 0) is 31.9 Å². The molecule has 0 bridgehead atoms. The molecular weight excluding hydrogens is 257 g/mol. The second kappa shape index (κ2) is 5.59. The molecule has 3 N–H and O–H groups in total. The zero-order valence-electron chi connectivity index (χ0n) is 11.5. The van der Waals surface area contributed by atoms with E-state index in [1.165, 1.54) is 6.07 Å². The van der Waals surface area contributed by atoms with E-state index in [2.05, 4.69) is 5.32 Å². The molecule has 1 saturated carbocycles. The maximum Gasteiger partial charge on any atom is 0.244 e. The number of nitriles is 1. The highest BCUT2D eigenvalue weighted by molar-refractivity contribution is 5.98. The zero-order chi connectivity index (χ0) is 14.8. The summed E-state index contributed by atoms with van der Waals surface area (Å²) in [7, 11) is 0. The number of nitrogens with one attached hydrogen (secondary N) is 1. The molecule has 1 aromatic rings. The van der Waals surface area contributed by atoms with Gasteiger partial charge in [-0.25, -0.2) is 4.39 Å². The quantitative estimate of drug-likeness (QED) is 0.870. The van der Waals surface area contributed by atoms with Crippen LogP contribution in [0.5, 0.6) is 0 Å². The molecular formula is C15H18FN3O. The van der Waals surface area contributed by atoms with Crippen LogP contribution >= 0.6 is 0 Å². The monoisotopic (exact) mass is 275 g/mol. The normalized spacial score (nSPS) is 17.3. The minimum atomic E-state index is -0.885. The van der Waals surface area contributed by atoms with Gasteiger partial charge in [-0.3, -0.25) is 4.79 Å². The highest BCUT2D eigenvalue weighted by Crippen LogP contribution is 2.28. The molecule has 1 fully saturated rings. The molecule has 2 rings (SSSR count). The van der Waals surface area contributed by atoms with Crippen molar-refractivity contribution in [2.45, 2.75) is 44.6 Å². The van der Waals surface area contributed by atoms with E-state index < -0.39 is 11.4 Å². The molecule has 0 aromatic heterocycles. The molecule has 0 atom stereocenters. The molecule has 0 heterocycles. The van der Waals surface area contributed by atoms with Crippen LogP contribution in [0.3, 0.4) is 0 Å². The number of nitrogens with zero attached hydrogens (tertiary/aromatic N) is 1. The van der Waals surface area contributed by atoms with Crippen LogP contribution in [0, 0.1) is 24.1 Å². The molecule has 1 aliphatic carbocycles. The summed E-state index contributed by atoms with van der Waals surface area (Å²) in [6.45, 7) is 1.57. The predicted molar refractivity (Wildman–Crippen MR) is 74.5 cm³/mol. The first-order valence-electron chi connectivity index (χ1n) is 6.77. The van der Waals surface area contributed by atoms with Crippen molar-refractivity contribution in [2.24, 2.45) is 5.73 Å². The topological polar surface area (TPSA) is 78.9 Å². The summed E-state index contributed by atoms with van der Waals surface area (Å²) < 4.78 is 13.7. The van der Waals surface area contributed by atoms with Crippen molar-refractivity contribution in [2.75, 3.05) is 5.32 Å². The van der Waals surface area contributed by atoms with Gasteiger partial charge in [-0.1, -0.05) is 19.3 Å². The first-order chi connectivity index (χ1) is 9.46. The Kier molecular flexibility index (Phi) is 4.05. The van der Waals surface area contributed by atoms with Crippen molar-refractivity contribution in [3.05, 3.63) is 29.1 Å². The average molecular weight is 275 g/mol. The molecule has 5 heteroatoms. The number of anilines is 1. The molecule has 0 saturated heterocycles. The SMILES string of the molecule is Cc1c(F)cc(C#N)cc1NC(=O)C1(N)CCCCC1. The van der Waals surface area contributed by atoms with Gasteiger partial charge in [0.15, 0.2) is 0 Å². The van der Waals surface area contributed by atoms with E-state index >= 15 is 0 Å². The van der Waals surface area contributed by atoms with Crippen LogP contribution in [0.1, 0.15) is 43.2 Å². The van der Waals surface area contributed by atoms with Crippen LogP contribution in [-0.2, 0) is 4.79 Å². The number of amides is 1. The Morgan fingerprint density at radius 1 is 1.40 bits per heavy atom. The maximum atomic E-state index is 13.7. The van der Waals surface area contributed by atoms with Crippen molar-refractivity contribution < 1.29 is 9.18 Å². The third-order valence-electron chi connectivity index (χ3n) is 3.92. The minimum absolute atomic E-state index is 0.179. The van der Waals surface area contributed by atoms with Crippen molar-refractivity contribution in [3.8, 4) is 6.07 Å². The summed E-state index contributed by atoms with van der Waals surface area (Å²) >= 11 is 0. The molecule has 4 nitrogen and oxygen atoms in total. The number of carbonyl (C=O) groups excluding carboxylic acids is 1. The Bertz CT molecular complexity index is 571. The lowest BCUT2D eigenvalue weighted by molar-refractivity contribution is -0.122. The average Bonchev–Trinajstić information content (AvgIpc) is 2.44. The molecule has 0 aliphatic heterocycles. The van der Waals surface area contributed by atoms with Crippen molar-refractivity contribution >= 4 is 11.6 Å². The standard InChI is InChI=1S/C15H18FN3O/c1-10-12(16)7-11(9-17)8-13(10)19-14(20)15(18)5-3-2-4-6-15/h7-8H,2-6,18H2,1H3,(H,19,20). The van der Waals surface area contributed by atoms with Gasteiger partial charge >= 0.3 is 0 Å². The maximum absolute atomic E-state index is 13.7. The van der Waals surface area contributed by atoms with Crippen LogP contribution in [0.15, 0.2) is 12.1 Å². The molecule has 0 spiro atoms. The predicted octanol–water partition coefficient (Wildman–Crippen LogP) is 2.61. The summed E-state index contributed by atoms with van der Waals surface area (Å²) in [5, 5.41) is 11.5. The van der Waals surface area contributed by atoms with E-state index in [0.29, 0.717) is 24.1 Å². The molecule has 0 unspecified atom stereocenters. The minimum Gasteiger partial charge on any atom is -0.324 e. The van der Waals surface area contributed by atoms with Crippen LogP contribution in [0.25, 0.3) is 0 Å². The van der Waals surface area contributed by atoms with Gasteiger partial charge in [0.2, 0.25) is 5.91 Å². The van der Waals surface area contributed by atoms with Gasteiger partial charge < -0.3 is 11.1 Å². The van der Waals surface area contributed by atoms with Crippen molar-refractivity contribution in [1.82, 2.24) is 0 Å². The lowest BCUT2D eigenvalue weighted by Crippen LogP contribution is -2.52. The number of rotatable bonds is 2. The highest BCUT2D eigenvalue weighted by Gasteiger charge is 2.35. The summed E-state index contributed by atoms with van der Waals surface area (Å²) in [5.41, 5.74) is 6.07. The molecule has 1 amide bonds. The van der Waals surface area contributed by atoms with Crippen molar-refractivity contribution in [3.63, 3.8) is 0 Å². The van der Waals surface area contributed by atoms with Crippen molar-refractivity contribution in [1.29, 1.82) is 5.26 Å². The molecule has 20 heavy (non-hydrogen) atoms. The second-order valence-corrected chi connectivity index (χ2v) is 5.41. The van der Waals surface area contributed by atoms with E-state index in [9.17, 15) is 9.18 Å². The first-order valence-corrected chi connectivity index (χ1v) is 6.77.